The van der Waals surface area contributed by atoms with Crippen LogP contribution in [0.3, 0.4) is 0 Å². The molecule has 0 amide bonds. The molecule has 0 spiro atoms. The Morgan fingerprint density at radius 1 is 1.04 bits per heavy atom. The number of pyridine rings is 1. The third kappa shape index (κ3) is 9.47. The van der Waals surface area contributed by atoms with E-state index >= 15 is 0 Å². The van der Waals surface area contributed by atoms with Crippen LogP contribution in [0.25, 0.3) is 0 Å². The van der Waals surface area contributed by atoms with Crippen molar-refractivity contribution in [3.63, 3.8) is 0 Å². The normalized spacial score (nSPS) is 9.73. The Morgan fingerprint density at radius 3 is 2.27 bits per heavy atom. The molecule has 0 bridgehead atoms. The number of benzene rings is 1. The molecular weight excluding hydrogens is 347 g/mol. The summed E-state index contributed by atoms with van der Waals surface area (Å²) in [6, 6.07) is 9.80. The third-order valence-electron chi connectivity index (χ3n) is 3.10. The van der Waals surface area contributed by atoms with Gasteiger partial charge in [-0.05, 0) is 30.8 Å². The minimum Gasteiger partial charge on any atom is -0.457 e. The maximum Gasteiger partial charge on any atom is 0.269 e. The van der Waals surface area contributed by atoms with E-state index < -0.39 is 4.92 Å². The second kappa shape index (κ2) is 15.3. The zero-order valence-corrected chi connectivity index (χ0v) is 17.5. The number of ether oxygens (including phenoxy) is 1. The standard InChI is InChI=1S/C16H19N2O3P.2C2H6/c1-2-3-4-11-22-16-12-15(9-10-17-16)21-14-7-5-13(6-8-14)18(19)20;2*1-2/h5-10,12,22H,2-4,11H2,1H3;2*1-2H3. The Morgan fingerprint density at radius 2 is 1.69 bits per heavy atom. The van der Waals surface area contributed by atoms with Crippen LogP contribution in [0.1, 0.15) is 53.9 Å². The van der Waals surface area contributed by atoms with Gasteiger partial charge in [-0.2, -0.15) is 0 Å². The van der Waals surface area contributed by atoms with Crippen molar-refractivity contribution < 1.29 is 9.66 Å². The first kappa shape index (κ1) is 24.0. The Kier molecular flexibility index (Phi) is 14.1. The number of hydrogen-bond acceptors (Lipinski definition) is 4. The second-order valence-electron chi connectivity index (χ2n) is 4.86. The number of nitro benzene ring substituents is 1. The molecule has 0 radical (unpaired) electrons. The summed E-state index contributed by atoms with van der Waals surface area (Å²) in [6.07, 6.45) is 6.60. The van der Waals surface area contributed by atoms with Crippen molar-refractivity contribution >= 4 is 19.7 Å². The van der Waals surface area contributed by atoms with Crippen molar-refractivity contribution in [1.82, 2.24) is 4.98 Å². The number of non-ortho nitro benzene ring substituents is 1. The van der Waals surface area contributed by atoms with Crippen molar-refractivity contribution in [2.45, 2.75) is 53.9 Å². The molecule has 1 aromatic carbocycles. The highest BCUT2D eigenvalue weighted by atomic mass is 31.1. The molecular formula is C20H31N2O3P. The van der Waals surface area contributed by atoms with Gasteiger partial charge in [0, 0.05) is 24.4 Å². The second-order valence-corrected chi connectivity index (χ2v) is 6.23. The fraction of sp³-hybridized carbons (Fsp3) is 0.450. The van der Waals surface area contributed by atoms with E-state index in [9.17, 15) is 10.1 Å². The topological polar surface area (TPSA) is 65.3 Å². The molecule has 5 nitrogen and oxygen atoms in total. The van der Waals surface area contributed by atoms with Crippen LogP contribution in [0.4, 0.5) is 5.69 Å². The van der Waals surface area contributed by atoms with E-state index in [2.05, 4.69) is 11.9 Å². The zero-order valence-electron chi connectivity index (χ0n) is 16.5. The lowest BCUT2D eigenvalue weighted by atomic mass is 10.3. The number of nitro groups is 1. The summed E-state index contributed by atoms with van der Waals surface area (Å²) in [7, 11) is 0.686. The Bertz CT molecular complexity index is 619. The Balaban J connectivity index is 0.00000146. The van der Waals surface area contributed by atoms with E-state index in [1.165, 1.54) is 31.4 Å². The summed E-state index contributed by atoms with van der Waals surface area (Å²) in [4.78, 5) is 14.6. The Hall–Kier alpha value is -2.00. The average Bonchev–Trinajstić information content (AvgIpc) is 2.69. The van der Waals surface area contributed by atoms with Gasteiger partial charge in [0.05, 0.1) is 10.4 Å². The van der Waals surface area contributed by atoms with Crippen LogP contribution in [0.2, 0.25) is 0 Å². The molecule has 2 rings (SSSR count). The maximum absolute atomic E-state index is 10.6. The third-order valence-corrected chi connectivity index (χ3v) is 4.34. The molecule has 0 saturated heterocycles. The molecule has 0 saturated carbocycles. The van der Waals surface area contributed by atoms with Gasteiger partial charge < -0.3 is 4.74 Å². The van der Waals surface area contributed by atoms with Gasteiger partial charge in [-0.1, -0.05) is 56.0 Å². The van der Waals surface area contributed by atoms with Gasteiger partial charge in [0.25, 0.3) is 5.69 Å². The summed E-state index contributed by atoms with van der Waals surface area (Å²) in [6.45, 7) is 10.2. The maximum atomic E-state index is 10.6. The fourth-order valence-electron chi connectivity index (χ4n) is 1.93. The van der Waals surface area contributed by atoms with Crippen LogP contribution in [0, 0.1) is 10.1 Å². The van der Waals surface area contributed by atoms with Crippen LogP contribution >= 0.6 is 8.58 Å². The Labute approximate surface area is 159 Å². The minimum atomic E-state index is -0.425. The smallest absolute Gasteiger partial charge is 0.269 e. The lowest BCUT2D eigenvalue weighted by Crippen LogP contribution is -2.01. The number of aromatic nitrogens is 1. The first-order valence-corrected chi connectivity index (χ1v) is 10.5. The molecule has 0 aliphatic rings. The summed E-state index contributed by atoms with van der Waals surface area (Å²) in [5.41, 5.74) is 1.09. The van der Waals surface area contributed by atoms with Crippen LogP contribution in [0.5, 0.6) is 11.5 Å². The molecule has 1 unspecified atom stereocenters. The van der Waals surface area contributed by atoms with E-state index in [1.54, 1.807) is 24.4 Å². The van der Waals surface area contributed by atoms with Crippen molar-refractivity contribution in [2.24, 2.45) is 0 Å². The van der Waals surface area contributed by atoms with Gasteiger partial charge in [-0.15, -0.1) is 0 Å². The molecule has 0 aliphatic carbocycles. The SMILES string of the molecule is CC.CC.CCCCCPc1cc(Oc2ccc([N+](=O)[O-])cc2)ccn1. The largest absolute Gasteiger partial charge is 0.457 e. The van der Waals surface area contributed by atoms with Gasteiger partial charge in [0.15, 0.2) is 0 Å². The van der Waals surface area contributed by atoms with Crippen molar-refractivity contribution in [1.29, 1.82) is 0 Å². The first-order chi connectivity index (χ1) is 12.7. The van der Waals surface area contributed by atoms with E-state index in [1.807, 2.05) is 33.8 Å². The molecule has 144 valence electrons. The lowest BCUT2D eigenvalue weighted by Gasteiger charge is -2.07. The van der Waals surface area contributed by atoms with E-state index in [0.29, 0.717) is 20.1 Å². The highest BCUT2D eigenvalue weighted by Crippen LogP contribution is 2.24. The number of rotatable bonds is 8. The minimum absolute atomic E-state index is 0.0557. The van der Waals surface area contributed by atoms with Gasteiger partial charge in [0.1, 0.15) is 11.5 Å². The van der Waals surface area contributed by atoms with Gasteiger partial charge >= 0.3 is 0 Å². The summed E-state index contributed by atoms with van der Waals surface area (Å²) in [5.74, 6) is 1.29. The van der Waals surface area contributed by atoms with E-state index in [-0.39, 0.29) is 5.69 Å². The summed E-state index contributed by atoms with van der Waals surface area (Å²) < 4.78 is 5.72. The fourth-order valence-corrected chi connectivity index (χ4v) is 3.03. The first-order valence-electron chi connectivity index (χ1n) is 9.31. The molecule has 26 heavy (non-hydrogen) atoms. The zero-order chi connectivity index (χ0) is 19.8. The molecule has 6 heteroatoms. The van der Waals surface area contributed by atoms with Crippen LogP contribution in [0.15, 0.2) is 42.6 Å². The van der Waals surface area contributed by atoms with Crippen molar-refractivity contribution in [2.75, 3.05) is 6.16 Å². The van der Waals surface area contributed by atoms with Gasteiger partial charge in [-0.25, -0.2) is 0 Å². The highest BCUT2D eigenvalue weighted by Gasteiger charge is 2.05. The van der Waals surface area contributed by atoms with Crippen molar-refractivity contribution in [3.05, 3.63) is 52.7 Å². The van der Waals surface area contributed by atoms with Gasteiger partial charge in [-0.3, -0.25) is 15.1 Å². The quantitative estimate of drug-likeness (QED) is 0.233. The van der Waals surface area contributed by atoms with Gasteiger partial charge in [0.2, 0.25) is 0 Å². The monoisotopic (exact) mass is 378 g/mol. The van der Waals surface area contributed by atoms with Crippen LogP contribution in [-0.4, -0.2) is 16.1 Å². The summed E-state index contributed by atoms with van der Waals surface area (Å²) >= 11 is 0. The molecule has 0 fully saturated rings. The van der Waals surface area contributed by atoms with Crippen LogP contribution in [-0.2, 0) is 0 Å². The van der Waals surface area contributed by atoms with E-state index in [0.717, 1.165) is 11.6 Å². The highest BCUT2D eigenvalue weighted by molar-refractivity contribution is 7.46. The van der Waals surface area contributed by atoms with E-state index in [4.69, 9.17) is 4.74 Å². The number of nitrogens with zero attached hydrogens (tertiary/aromatic N) is 2. The van der Waals surface area contributed by atoms with Crippen molar-refractivity contribution in [3.8, 4) is 11.5 Å². The predicted molar refractivity (Wildman–Crippen MR) is 112 cm³/mol. The molecule has 1 aromatic heterocycles. The number of unbranched alkanes of at least 4 members (excludes halogenated alkanes) is 2. The lowest BCUT2D eigenvalue weighted by molar-refractivity contribution is -0.384. The number of hydrogen-bond donors (Lipinski definition) is 0. The molecule has 0 N–H and O–H groups in total. The molecule has 1 atom stereocenters. The summed E-state index contributed by atoms with van der Waals surface area (Å²) in [5, 5.41) is 10.6. The average molecular weight is 378 g/mol. The molecule has 2 aromatic rings. The molecule has 0 aliphatic heterocycles. The molecule has 1 heterocycles. The predicted octanol–water partition coefficient (Wildman–Crippen LogP) is 6.33. The van der Waals surface area contributed by atoms with Crippen LogP contribution < -0.4 is 10.2 Å².